The third kappa shape index (κ3) is 3.53. The van der Waals surface area contributed by atoms with Gasteiger partial charge in [-0.2, -0.15) is 0 Å². The summed E-state index contributed by atoms with van der Waals surface area (Å²) in [6.07, 6.45) is 4.83. The normalized spacial score (nSPS) is 19.0. The summed E-state index contributed by atoms with van der Waals surface area (Å²) in [7, 11) is 0. The van der Waals surface area contributed by atoms with Crippen LogP contribution in [0.2, 0.25) is 0 Å². The topological polar surface area (TPSA) is 65.3 Å². The molecule has 4 heterocycles. The Hall–Kier alpha value is -3.29. The Balaban J connectivity index is 1.36. The standard InChI is InChI=1S/C25H25N5O2/c1-2-5-18(6-3-1)23-16-32-17-24-28-21-8-7-19(13-22(21)30(23)24)20-14-26-25(27-15-20)29-9-4-11-31-12-10-29/h1-3,5-8,13-15,23H,4,9-12,16-17H2/t23-/m1/s1. The lowest BCUT2D eigenvalue weighted by Crippen LogP contribution is -2.27. The third-order valence-electron chi connectivity index (χ3n) is 6.24. The van der Waals surface area contributed by atoms with Crippen molar-refractivity contribution in [2.75, 3.05) is 37.8 Å². The van der Waals surface area contributed by atoms with E-state index in [-0.39, 0.29) is 6.04 Å². The van der Waals surface area contributed by atoms with E-state index in [1.807, 2.05) is 18.5 Å². The van der Waals surface area contributed by atoms with Gasteiger partial charge in [0.05, 0.1) is 30.3 Å². The molecule has 162 valence electrons. The molecule has 2 aromatic heterocycles. The lowest BCUT2D eigenvalue weighted by atomic mass is 10.1. The number of ether oxygens (including phenoxy) is 2. The number of benzene rings is 2. The Labute approximate surface area is 186 Å². The van der Waals surface area contributed by atoms with Gasteiger partial charge < -0.3 is 18.9 Å². The van der Waals surface area contributed by atoms with Crippen LogP contribution in [0.1, 0.15) is 23.9 Å². The molecule has 0 saturated carbocycles. The maximum atomic E-state index is 5.87. The minimum absolute atomic E-state index is 0.115. The van der Waals surface area contributed by atoms with E-state index < -0.39 is 0 Å². The second-order valence-corrected chi connectivity index (χ2v) is 8.27. The predicted molar refractivity (Wildman–Crippen MR) is 123 cm³/mol. The van der Waals surface area contributed by atoms with Crippen molar-refractivity contribution in [2.45, 2.75) is 19.1 Å². The second-order valence-electron chi connectivity index (χ2n) is 8.27. The molecule has 4 aromatic rings. The summed E-state index contributed by atoms with van der Waals surface area (Å²) < 4.78 is 13.7. The van der Waals surface area contributed by atoms with E-state index in [2.05, 4.69) is 61.9 Å². The van der Waals surface area contributed by atoms with E-state index in [4.69, 9.17) is 14.5 Å². The molecule has 0 aliphatic carbocycles. The maximum Gasteiger partial charge on any atom is 0.225 e. The average molecular weight is 428 g/mol. The molecular formula is C25H25N5O2. The predicted octanol–water partition coefficient (Wildman–Crippen LogP) is 3.84. The SMILES string of the molecule is c1ccc([C@H]2COCc3nc4ccc(-c5cnc(N6CCCOCC6)nc5)cc4n32)cc1. The number of nitrogens with zero attached hydrogens (tertiary/aromatic N) is 5. The van der Waals surface area contributed by atoms with E-state index in [1.165, 1.54) is 5.56 Å². The van der Waals surface area contributed by atoms with Gasteiger partial charge in [0, 0.05) is 37.7 Å². The minimum Gasteiger partial charge on any atom is -0.380 e. The summed E-state index contributed by atoms with van der Waals surface area (Å²) in [6, 6.07) is 17.0. The lowest BCUT2D eigenvalue weighted by molar-refractivity contribution is 0.0679. The van der Waals surface area contributed by atoms with Gasteiger partial charge in [-0.15, -0.1) is 0 Å². The van der Waals surface area contributed by atoms with E-state index in [0.717, 1.165) is 66.7 Å². The number of rotatable bonds is 3. The fraction of sp³-hybridized carbons (Fsp3) is 0.320. The molecule has 2 aliphatic heterocycles. The van der Waals surface area contributed by atoms with Crippen LogP contribution in [0.25, 0.3) is 22.2 Å². The molecule has 0 unspecified atom stereocenters. The largest absolute Gasteiger partial charge is 0.380 e. The molecule has 0 radical (unpaired) electrons. The van der Waals surface area contributed by atoms with Gasteiger partial charge >= 0.3 is 0 Å². The summed E-state index contributed by atoms with van der Waals surface area (Å²) in [5, 5.41) is 0. The molecule has 0 amide bonds. The monoisotopic (exact) mass is 427 g/mol. The summed E-state index contributed by atoms with van der Waals surface area (Å²) >= 11 is 0. The zero-order valence-corrected chi connectivity index (χ0v) is 17.9. The minimum atomic E-state index is 0.115. The van der Waals surface area contributed by atoms with Crippen LogP contribution in [0.3, 0.4) is 0 Å². The molecule has 0 spiro atoms. The van der Waals surface area contributed by atoms with E-state index in [0.29, 0.717) is 13.2 Å². The average Bonchev–Trinajstić information content (AvgIpc) is 3.02. The Morgan fingerprint density at radius 3 is 2.62 bits per heavy atom. The first kappa shape index (κ1) is 19.4. The molecule has 2 aromatic carbocycles. The molecule has 32 heavy (non-hydrogen) atoms. The summed E-state index contributed by atoms with van der Waals surface area (Å²) in [4.78, 5) is 16.3. The number of imidazole rings is 1. The number of fused-ring (bicyclic) bond motifs is 3. The van der Waals surface area contributed by atoms with Gasteiger partial charge in [0.2, 0.25) is 5.95 Å². The molecule has 1 fully saturated rings. The van der Waals surface area contributed by atoms with Crippen molar-refractivity contribution >= 4 is 17.0 Å². The second kappa shape index (κ2) is 8.33. The van der Waals surface area contributed by atoms with Gasteiger partial charge in [-0.25, -0.2) is 15.0 Å². The van der Waals surface area contributed by atoms with Crippen molar-refractivity contribution in [3.8, 4) is 11.1 Å². The van der Waals surface area contributed by atoms with Crippen LogP contribution in [0.15, 0.2) is 60.9 Å². The first-order valence-corrected chi connectivity index (χ1v) is 11.2. The summed E-state index contributed by atoms with van der Waals surface area (Å²) in [6.45, 7) is 4.46. The van der Waals surface area contributed by atoms with Gasteiger partial charge in [-0.1, -0.05) is 36.4 Å². The fourth-order valence-electron chi connectivity index (χ4n) is 4.61. The molecule has 1 atom stereocenters. The molecule has 7 nitrogen and oxygen atoms in total. The Morgan fingerprint density at radius 2 is 1.75 bits per heavy atom. The Bertz CT molecular complexity index is 1210. The fourth-order valence-corrected chi connectivity index (χ4v) is 4.61. The van der Waals surface area contributed by atoms with Gasteiger partial charge in [0.15, 0.2) is 0 Å². The quantitative estimate of drug-likeness (QED) is 0.495. The van der Waals surface area contributed by atoms with E-state index >= 15 is 0 Å². The summed E-state index contributed by atoms with van der Waals surface area (Å²) in [5.74, 6) is 1.73. The molecule has 2 aliphatic rings. The van der Waals surface area contributed by atoms with Crippen LogP contribution in [0, 0.1) is 0 Å². The number of hydrogen-bond donors (Lipinski definition) is 0. The van der Waals surface area contributed by atoms with Crippen LogP contribution < -0.4 is 4.90 Å². The van der Waals surface area contributed by atoms with Crippen molar-refractivity contribution in [3.63, 3.8) is 0 Å². The lowest BCUT2D eigenvalue weighted by Gasteiger charge is -2.26. The highest BCUT2D eigenvalue weighted by Crippen LogP contribution is 2.32. The van der Waals surface area contributed by atoms with Crippen molar-refractivity contribution in [1.82, 2.24) is 19.5 Å². The highest BCUT2D eigenvalue weighted by molar-refractivity contribution is 5.83. The van der Waals surface area contributed by atoms with Crippen LogP contribution >= 0.6 is 0 Å². The highest BCUT2D eigenvalue weighted by atomic mass is 16.5. The van der Waals surface area contributed by atoms with Gasteiger partial charge in [0.25, 0.3) is 0 Å². The zero-order valence-electron chi connectivity index (χ0n) is 17.9. The molecule has 7 heteroatoms. The van der Waals surface area contributed by atoms with Gasteiger partial charge in [-0.05, 0) is 29.7 Å². The van der Waals surface area contributed by atoms with Crippen molar-refractivity contribution in [2.24, 2.45) is 0 Å². The van der Waals surface area contributed by atoms with Crippen LogP contribution in [-0.4, -0.2) is 52.4 Å². The Kier molecular flexibility index (Phi) is 5.05. The van der Waals surface area contributed by atoms with Crippen LogP contribution in [-0.2, 0) is 16.1 Å². The molecule has 1 saturated heterocycles. The first-order valence-electron chi connectivity index (χ1n) is 11.2. The third-order valence-corrected chi connectivity index (χ3v) is 6.24. The molecule has 0 N–H and O–H groups in total. The highest BCUT2D eigenvalue weighted by Gasteiger charge is 2.25. The van der Waals surface area contributed by atoms with Crippen molar-refractivity contribution < 1.29 is 9.47 Å². The van der Waals surface area contributed by atoms with Gasteiger partial charge in [-0.3, -0.25) is 0 Å². The van der Waals surface area contributed by atoms with Gasteiger partial charge in [0.1, 0.15) is 12.4 Å². The van der Waals surface area contributed by atoms with E-state index in [9.17, 15) is 0 Å². The number of anilines is 1. The first-order chi connectivity index (χ1) is 15.9. The molecule has 0 bridgehead atoms. The Morgan fingerprint density at radius 1 is 0.875 bits per heavy atom. The number of aromatic nitrogens is 4. The van der Waals surface area contributed by atoms with Crippen LogP contribution in [0.5, 0.6) is 0 Å². The molecule has 6 rings (SSSR count). The van der Waals surface area contributed by atoms with E-state index in [1.54, 1.807) is 0 Å². The molecular weight excluding hydrogens is 402 g/mol. The zero-order chi connectivity index (χ0) is 21.3. The van der Waals surface area contributed by atoms with Crippen LogP contribution in [0.4, 0.5) is 5.95 Å². The maximum absolute atomic E-state index is 5.87. The van der Waals surface area contributed by atoms with Crippen molar-refractivity contribution in [3.05, 3.63) is 72.3 Å². The number of hydrogen-bond acceptors (Lipinski definition) is 6. The smallest absolute Gasteiger partial charge is 0.225 e. The summed E-state index contributed by atoms with van der Waals surface area (Å²) in [5.41, 5.74) is 5.41. The van der Waals surface area contributed by atoms with Crippen molar-refractivity contribution in [1.29, 1.82) is 0 Å².